The molecule has 1 unspecified atom stereocenters. The molecule has 0 radical (unpaired) electrons. The van der Waals surface area contributed by atoms with Crippen molar-refractivity contribution in [3.05, 3.63) is 35.1 Å². The molecule has 1 aromatic rings. The van der Waals surface area contributed by atoms with Crippen molar-refractivity contribution in [1.29, 1.82) is 0 Å². The van der Waals surface area contributed by atoms with Crippen LogP contribution in [0.3, 0.4) is 0 Å². The van der Waals surface area contributed by atoms with Crippen molar-refractivity contribution in [2.24, 2.45) is 0 Å². The highest BCUT2D eigenvalue weighted by atomic mass is 19.1. The third kappa shape index (κ3) is 2.30. The van der Waals surface area contributed by atoms with Gasteiger partial charge >= 0.3 is 0 Å². The van der Waals surface area contributed by atoms with E-state index < -0.39 is 0 Å². The van der Waals surface area contributed by atoms with Crippen LogP contribution in [0.5, 0.6) is 0 Å². The number of Topliss-reactive ketones (excluding diaryl/α,β-unsaturated/α-hetero) is 1. The van der Waals surface area contributed by atoms with E-state index in [1.54, 1.807) is 19.1 Å². The van der Waals surface area contributed by atoms with Gasteiger partial charge < -0.3 is 5.32 Å². The molecule has 1 aliphatic rings. The number of benzene rings is 1. The lowest BCUT2D eigenvalue weighted by molar-refractivity contribution is 0.0927. The first-order chi connectivity index (χ1) is 7.68. The molecule has 2 rings (SSSR count). The second-order valence-electron chi connectivity index (χ2n) is 4.33. The number of carbonyl (C=O) groups is 1. The first-order valence-electron chi connectivity index (χ1n) is 5.72. The molecule has 86 valence electrons. The number of halogens is 1. The number of piperidine rings is 1. The average Bonchev–Trinajstić information content (AvgIpc) is 2.33. The van der Waals surface area contributed by atoms with Gasteiger partial charge in [-0.2, -0.15) is 0 Å². The van der Waals surface area contributed by atoms with Gasteiger partial charge in [0.05, 0.1) is 6.04 Å². The Kier molecular flexibility index (Phi) is 3.34. The summed E-state index contributed by atoms with van der Waals surface area (Å²) < 4.78 is 13.1. The average molecular weight is 221 g/mol. The SMILES string of the molecule is Cc1cc(C(=O)C2CCCCN2)ccc1F. The first kappa shape index (κ1) is 11.3. The topological polar surface area (TPSA) is 29.1 Å². The maximum absolute atomic E-state index is 13.1. The smallest absolute Gasteiger partial charge is 0.179 e. The van der Waals surface area contributed by atoms with Gasteiger partial charge in [-0.3, -0.25) is 4.79 Å². The molecule has 0 aliphatic carbocycles. The summed E-state index contributed by atoms with van der Waals surface area (Å²) in [6.07, 6.45) is 3.10. The Bertz CT molecular complexity index is 397. The first-order valence-corrected chi connectivity index (χ1v) is 5.72. The molecule has 0 amide bonds. The second kappa shape index (κ2) is 4.74. The molecule has 2 nitrogen and oxygen atoms in total. The van der Waals surface area contributed by atoms with E-state index in [2.05, 4.69) is 5.32 Å². The number of hydrogen-bond acceptors (Lipinski definition) is 2. The van der Waals surface area contributed by atoms with Crippen LogP contribution in [0.1, 0.15) is 35.2 Å². The van der Waals surface area contributed by atoms with E-state index in [9.17, 15) is 9.18 Å². The zero-order valence-electron chi connectivity index (χ0n) is 9.42. The Morgan fingerprint density at radius 2 is 2.25 bits per heavy atom. The van der Waals surface area contributed by atoms with Gasteiger partial charge in [-0.1, -0.05) is 6.42 Å². The third-order valence-electron chi connectivity index (χ3n) is 3.07. The number of nitrogens with one attached hydrogen (secondary N) is 1. The van der Waals surface area contributed by atoms with Crippen LogP contribution in [-0.4, -0.2) is 18.4 Å². The largest absolute Gasteiger partial charge is 0.307 e. The summed E-state index contributed by atoms with van der Waals surface area (Å²) in [6.45, 7) is 2.58. The summed E-state index contributed by atoms with van der Waals surface area (Å²) in [5, 5.41) is 3.21. The summed E-state index contributed by atoms with van der Waals surface area (Å²) in [5.74, 6) is -0.170. The number of hydrogen-bond donors (Lipinski definition) is 1. The number of carbonyl (C=O) groups excluding carboxylic acids is 1. The van der Waals surface area contributed by atoms with E-state index in [-0.39, 0.29) is 17.6 Å². The Balaban J connectivity index is 2.16. The molecule has 0 spiro atoms. The van der Waals surface area contributed by atoms with Gasteiger partial charge in [0.2, 0.25) is 0 Å². The van der Waals surface area contributed by atoms with Crippen LogP contribution in [0.25, 0.3) is 0 Å². The Morgan fingerprint density at radius 3 is 2.88 bits per heavy atom. The van der Waals surface area contributed by atoms with Gasteiger partial charge in [0, 0.05) is 5.56 Å². The summed E-state index contributed by atoms with van der Waals surface area (Å²) in [4.78, 5) is 12.1. The van der Waals surface area contributed by atoms with Crippen LogP contribution in [-0.2, 0) is 0 Å². The van der Waals surface area contributed by atoms with Crippen molar-refractivity contribution >= 4 is 5.78 Å². The van der Waals surface area contributed by atoms with Gasteiger partial charge in [0.15, 0.2) is 5.78 Å². The van der Waals surface area contributed by atoms with Crippen molar-refractivity contribution in [2.45, 2.75) is 32.2 Å². The van der Waals surface area contributed by atoms with Crippen molar-refractivity contribution in [1.82, 2.24) is 5.32 Å². The fraction of sp³-hybridized carbons (Fsp3) is 0.462. The van der Waals surface area contributed by atoms with Gasteiger partial charge in [-0.15, -0.1) is 0 Å². The standard InChI is InChI=1S/C13H16FNO/c1-9-8-10(5-6-11(9)14)13(16)12-4-2-3-7-15-12/h5-6,8,12,15H,2-4,7H2,1H3. The predicted molar refractivity (Wildman–Crippen MR) is 61.1 cm³/mol. The monoisotopic (exact) mass is 221 g/mol. The van der Waals surface area contributed by atoms with Crippen molar-refractivity contribution < 1.29 is 9.18 Å². The predicted octanol–water partition coefficient (Wildman–Crippen LogP) is 2.46. The van der Waals surface area contributed by atoms with E-state index in [4.69, 9.17) is 0 Å². The normalized spacial score (nSPS) is 20.8. The van der Waals surface area contributed by atoms with Crippen LogP contribution in [0, 0.1) is 12.7 Å². The lowest BCUT2D eigenvalue weighted by atomic mass is 9.95. The van der Waals surface area contributed by atoms with Crippen molar-refractivity contribution in [2.75, 3.05) is 6.54 Å². The minimum Gasteiger partial charge on any atom is -0.307 e. The summed E-state index contributed by atoms with van der Waals surface area (Å²) in [6, 6.07) is 4.49. The molecular formula is C13H16FNO. The second-order valence-corrected chi connectivity index (χ2v) is 4.33. The molecule has 0 bridgehead atoms. The Labute approximate surface area is 94.9 Å². The van der Waals surface area contributed by atoms with Crippen LogP contribution in [0.4, 0.5) is 4.39 Å². The van der Waals surface area contributed by atoms with Gasteiger partial charge in [0.1, 0.15) is 5.82 Å². The lowest BCUT2D eigenvalue weighted by Crippen LogP contribution is -2.40. The molecule has 0 saturated carbocycles. The van der Waals surface area contributed by atoms with E-state index in [1.807, 2.05) is 0 Å². The van der Waals surface area contributed by atoms with Gasteiger partial charge in [-0.25, -0.2) is 4.39 Å². The molecule has 1 saturated heterocycles. The van der Waals surface area contributed by atoms with Gasteiger partial charge in [0.25, 0.3) is 0 Å². The molecule has 1 aromatic carbocycles. The molecule has 1 aliphatic heterocycles. The molecular weight excluding hydrogens is 205 g/mol. The van der Waals surface area contributed by atoms with Crippen molar-refractivity contribution in [3.63, 3.8) is 0 Å². The maximum Gasteiger partial charge on any atom is 0.179 e. The van der Waals surface area contributed by atoms with E-state index in [1.165, 1.54) is 6.07 Å². The molecule has 0 aromatic heterocycles. The van der Waals surface area contributed by atoms with E-state index in [0.717, 1.165) is 25.8 Å². The zero-order valence-corrected chi connectivity index (χ0v) is 9.42. The Hall–Kier alpha value is -1.22. The zero-order chi connectivity index (χ0) is 11.5. The molecule has 1 heterocycles. The van der Waals surface area contributed by atoms with E-state index >= 15 is 0 Å². The maximum atomic E-state index is 13.1. The van der Waals surface area contributed by atoms with Crippen LogP contribution in [0.2, 0.25) is 0 Å². The highest BCUT2D eigenvalue weighted by molar-refractivity contribution is 6.00. The van der Waals surface area contributed by atoms with Crippen molar-refractivity contribution in [3.8, 4) is 0 Å². The molecule has 3 heteroatoms. The fourth-order valence-corrected chi connectivity index (χ4v) is 2.07. The number of rotatable bonds is 2. The van der Waals surface area contributed by atoms with Crippen LogP contribution < -0.4 is 5.32 Å². The lowest BCUT2D eigenvalue weighted by Gasteiger charge is -2.22. The fourth-order valence-electron chi connectivity index (χ4n) is 2.07. The molecule has 1 atom stereocenters. The van der Waals surface area contributed by atoms with Crippen LogP contribution >= 0.6 is 0 Å². The Morgan fingerprint density at radius 1 is 1.44 bits per heavy atom. The minimum absolute atomic E-state index is 0.0846. The van der Waals surface area contributed by atoms with Crippen LogP contribution in [0.15, 0.2) is 18.2 Å². The molecule has 1 N–H and O–H groups in total. The van der Waals surface area contributed by atoms with Gasteiger partial charge in [-0.05, 0) is 50.1 Å². The minimum atomic E-state index is -0.256. The molecule has 1 fully saturated rings. The highest BCUT2D eigenvalue weighted by Crippen LogP contribution is 2.15. The number of ketones is 1. The quantitative estimate of drug-likeness (QED) is 0.777. The number of aryl methyl sites for hydroxylation is 1. The van der Waals surface area contributed by atoms with E-state index in [0.29, 0.717) is 11.1 Å². The third-order valence-corrected chi connectivity index (χ3v) is 3.07. The molecule has 16 heavy (non-hydrogen) atoms. The summed E-state index contributed by atoms with van der Waals surface area (Å²) in [5.41, 5.74) is 1.14. The summed E-state index contributed by atoms with van der Waals surface area (Å²) in [7, 11) is 0. The summed E-state index contributed by atoms with van der Waals surface area (Å²) >= 11 is 0. The highest BCUT2D eigenvalue weighted by Gasteiger charge is 2.21.